The predicted molar refractivity (Wildman–Crippen MR) is 26.6 cm³/mol. The van der Waals surface area contributed by atoms with Crippen LogP contribution in [0.2, 0.25) is 0 Å². The van der Waals surface area contributed by atoms with Crippen LogP contribution in [0.3, 0.4) is 0 Å². The van der Waals surface area contributed by atoms with Crippen LogP contribution in [0.25, 0.3) is 0 Å². The number of thioether (sulfide) groups is 1. The molecule has 1 heterocycles. The van der Waals surface area contributed by atoms with Gasteiger partial charge in [-0.05, 0) is 0 Å². The summed E-state index contributed by atoms with van der Waals surface area (Å²) in [4.78, 5) is 0. The van der Waals surface area contributed by atoms with Crippen LogP contribution >= 0.6 is 11.8 Å². The maximum atomic E-state index is 5.09. The van der Waals surface area contributed by atoms with Gasteiger partial charge in [-0.2, -0.15) is 0 Å². The predicted octanol–water partition coefficient (Wildman–Crippen LogP) is -0.132. The van der Waals surface area contributed by atoms with Gasteiger partial charge in [0.05, 0.1) is 0 Å². The molecule has 0 bridgehead atoms. The lowest BCUT2D eigenvalue weighted by Gasteiger charge is -1.63. The largest absolute Gasteiger partial charge is 0.483 e. The summed E-state index contributed by atoms with van der Waals surface area (Å²) in [5.74, 6) is 0. The maximum absolute atomic E-state index is 5.09. The van der Waals surface area contributed by atoms with Gasteiger partial charge >= 0.3 is 5.55 Å². The van der Waals surface area contributed by atoms with E-state index in [1.165, 1.54) is 11.8 Å². The fourth-order valence-electron chi connectivity index (χ4n) is 0.157. The zero-order chi connectivity index (χ0) is 4.41. The summed E-state index contributed by atoms with van der Waals surface area (Å²) in [6.45, 7) is 0. The van der Waals surface area contributed by atoms with Crippen LogP contribution in [0.4, 0.5) is 0 Å². The molecular formula is C2H2N3S+. The lowest BCUT2D eigenvalue weighted by atomic mass is 11.4. The Kier molecular flexibility index (Phi) is 0.742. The first-order chi connectivity index (χ1) is 2.89. The average Bonchev–Trinajstić information content (AvgIpc) is 1.86. The van der Waals surface area contributed by atoms with Crippen LogP contribution in [-0.4, -0.2) is 10.7 Å². The lowest BCUT2D eigenvalue weighted by Crippen LogP contribution is -2.01. The minimum Gasteiger partial charge on any atom is -0.373 e. The Labute approximate surface area is 39.3 Å². The standard InChI is InChI=1S/C2H2N3S/c3-2-5-4-1-6-2/h(H2,3,5)/q+1. The maximum Gasteiger partial charge on any atom is 0.483 e. The van der Waals surface area contributed by atoms with Crippen molar-refractivity contribution in [3.8, 4) is 0 Å². The number of hydrogen-bond donors (Lipinski definition) is 1. The quantitative estimate of drug-likeness (QED) is 0.431. The highest BCUT2D eigenvalue weighted by Gasteiger charge is 2.12. The zero-order valence-corrected chi connectivity index (χ0v) is 3.70. The molecule has 0 amide bonds. The molecule has 1 rings (SSSR count). The van der Waals surface area contributed by atoms with E-state index < -0.39 is 0 Å². The molecule has 3 nitrogen and oxygen atoms in total. The van der Waals surface area contributed by atoms with Crippen molar-refractivity contribution in [3.63, 3.8) is 0 Å². The Hall–Kier alpha value is -0.600. The van der Waals surface area contributed by atoms with Crippen LogP contribution in [-0.2, 0) is 0 Å². The second-order valence-corrected chi connectivity index (χ2v) is 1.54. The smallest absolute Gasteiger partial charge is 0.373 e. The molecule has 0 aromatic heterocycles. The van der Waals surface area contributed by atoms with Gasteiger partial charge in [-0.3, -0.25) is 0 Å². The van der Waals surface area contributed by atoms with Gasteiger partial charge in [0, 0.05) is 0 Å². The van der Waals surface area contributed by atoms with Crippen molar-refractivity contribution in [2.75, 3.05) is 0 Å². The third kappa shape index (κ3) is 0.478. The van der Waals surface area contributed by atoms with E-state index in [0.29, 0.717) is 5.17 Å². The first-order valence-electron chi connectivity index (χ1n) is 1.34. The second kappa shape index (κ2) is 1.24. The number of rotatable bonds is 0. The van der Waals surface area contributed by atoms with Crippen molar-refractivity contribution in [1.29, 1.82) is 0 Å². The highest BCUT2D eigenvalue weighted by atomic mass is 32.2. The van der Waals surface area contributed by atoms with Crippen molar-refractivity contribution in [1.82, 2.24) is 0 Å². The summed E-state index contributed by atoms with van der Waals surface area (Å²) in [7, 11) is 0. The Morgan fingerprint density at radius 3 is 2.83 bits per heavy atom. The minimum atomic E-state index is 0.468. The normalized spacial score (nSPS) is 17.0. The molecule has 30 valence electrons. The molecule has 2 N–H and O–H groups in total. The van der Waals surface area contributed by atoms with Gasteiger partial charge in [0.2, 0.25) is 5.17 Å². The molecule has 0 atom stereocenters. The lowest BCUT2D eigenvalue weighted by molar-refractivity contribution is 1.27. The summed E-state index contributed by atoms with van der Waals surface area (Å²) >= 11 is 1.21. The van der Waals surface area contributed by atoms with Crippen molar-refractivity contribution in [3.05, 3.63) is 0 Å². The van der Waals surface area contributed by atoms with E-state index in [1.807, 2.05) is 0 Å². The monoisotopic (exact) mass is 100.0 g/mol. The van der Waals surface area contributed by atoms with E-state index in [2.05, 4.69) is 15.7 Å². The molecule has 6 heavy (non-hydrogen) atoms. The van der Waals surface area contributed by atoms with Crippen molar-refractivity contribution in [2.45, 2.75) is 0 Å². The van der Waals surface area contributed by atoms with Crippen molar-refractivity contribution < 1.29 is 0 Å². The fourth-order valence-corrected chi connectivity index (χ4v) is 0.414. The van der Waals surface area contributed by atoms with Gasteiger partial charge in [0.25, 0.3) is 11.8 Å². The van der Waals surface area contributed by atoms with E-state index in [9.17, 15) is 0 Å². The van der Waals surface area contributed by atoms with Gasteiger partial charge in [-0.15, -0.1) is 0 Å². The highest BCUT2D eigenvalue weighted by Crippen LogP contribution is 2.00. The Morgan fingerprint density at radius 2 is 2.67 bits per heavy atom. The van der Waals surface area contributed by atoms with Crippen LogP contribution in [0.15, 0.2) is 10.2 Å². The first-order valence-corrected chi connectivity index (χ1v) is 2.16. The molecule has 0 saturated heterocycles. The number of nitrogens with two attached hydrogens (primary N) is 1. The zero-order valence-electron chi connectivity index (χ0n) is 2.88. The molecule has 0 aliphatic carbocycles. The summed E-state index contributed by atoms with van der Waals surface area (Å²) < 4.78 is 0. The molecule has 0 saturated carbocycles. The van der Waals surface area contributed by atoms with Crippen LogP contribution in [0, 0.1) is 0 Å². The average molecular weight is 100 g/mol. The van der Waals surface area contributed by atoms with Gasteiger partial charge in [-0.1, -0.05) is 5.10 Å². The van der Waals surface area contributed by atoms with Crippen LogP contribution in [0.1, 0.15) is 0 Å². The molecule has 0 fully saturated rings. The van der Waals surface area contributed by atoms with E-state index in [1.54, 1.807) is 0 Å². The van der Waals surface area contributed by atoms with E-state index in [4.69, 9.17) is 5.73 Å². The third-order valence-corrected chi connectivity index (χ3v) is 0.803. The molecule has 0 aromatic rings. The summed E-state index contributed by atoms with van der Waals surface area (Å²) in [6.07, 6.45) is 0. The highest BCUT2D eigenvalue weighted by molar-refractivity contribution is 8.25. The molecule has 0 unspecified atom stereocenters. The van der Waals surface area contributed by atoms with E-state index in [0.717, 1.165) is 0 Å². The summed E-state index contributed by atoms with van der Waals surface area (Å²) in [6, 6.07) is 0. The van der Waals surface area contributed by atoms with Crippen molar-refractivity contribution >= 4 is 22.5 Å². The molecule has 1 aliphatic rings. The molecular weight excluding hydrogens is 98.1 g/mol. The molecule has 0 aromatic carbocycles. The van der Waals surface area contributed by atoms with Crippen LogP contribution in [0.5, 0.6) is 0 Å². The molecule has 0 spiro atoms. The Balaban J connectivity index is 2.61. The summed E-state index contributed by atoms with van der Waals surface area (Å²) in [5, 5.41) is 7.22. The number of nitrogens with zero attached hydrogens (tertiary/aromatic N) is 2. The number of hydrogen-bond acceptors (Lipinski definition) is 4. The fraction of sp³-hybridized carbons (Fsp3) is 0. The Bertz CT molecular complexity index is 105. The van der Waals surface area contributed by atoms with Gasteiger partial charge in [-0.25, -0.2) is 0 Å². The third-order valence-electron chi connectivity index (χ3n) is 0.340. The molecule has 0 radical (unpaired) electrons. The van der Waals surface area contributed by atoms with Gasteiger partial charge in [0.15, 0.2) is 0 Å². The SMILES string of the molecule is NC1=NN=[C+]S1. The topological polar surface area (TPSA) is 50.7 Å². The minimum absolute atomic E-state index is 0.468. The molecule has 4 heteroatoms. The van der Waals surface area contributed by atoms with E-state index in [-0.39, 0.29) is 0 Å². The van der Waals surface area contributed by atoms with E-state index >= 15 is 0 Å². The first kappa shape index (κ1) is 3.59. The van der Waals surface area contributed by atoms with Gasteiger partial charge < -0.3 is 5.73 Å². The number of amidine groups is 1. The summed E-state index contributed by atoms with van der Waals surface area (Å²) in [5.41, 5.74) is 7.58. The van der Waals surface area contributed by atoms with Crippen LogP contribution < -0.4 is 5.73 Å². The second-order valence-electron chi connectivity index (χ2n) is 0.732. The van der Waals surface area contributed by atoms with Gasteiger partial charge in [0.1, 0.15) is 5.10 Å². The Morgan fingerprint density at radius 1 is 1.83 bits per heavy atom. The van der Waals surface area contributed by atoms with Crippen molar-refractivity contribution in [2.24, 2.45) is 15.9 Å². The molecule has 1 aliphatic heterocycles.